The van der Waals surface area contributed by atoms with E-state index in [4.69, 9.17) is 0 Å². The molecule has 0 saturated heterocycles. The van der Waals surface area contributed by atoms with Crippen LogP contribution in [0.5, 0.6) is 0 Å². The summed E-state index contributed by atoms with van der Waals surface area (Å²) in [5.74, 6) is 0.550. The Balaban J connectivity index is 0.000000598. The van der Waals surface area contributed by atoms with Crippen molar-refractivity contribution in [1.29, 1.82) is 0 Å². The predicted molar refractivity (Wildman–Crippen MR) is 187 cm³/mol. The minimum atomic E-state index is 0. The summed E-state index contributed by atoms with van der Waals surface area (Å²) in [4.78, 5) is 0. The van der Waals surface area contributed by atoms with Gasteiger partial charge >= 0.3 is 28.4 Å². The van der Waals surface area contributed by atoms with E-state index in [1.165, 1.54) is 101 Å². The number of fused-ring (bicyclic) bond motifs is 3. The molecule has 3 aromatic carbocycles. The van der Waals surface area contributed by atoms with Crippen LogP contribution in [0.25, 0.3) is 11.1 Å². The summed E-state index contributed by atoms with van der Waals surface area (Å²) in [6.45, 7) is 18.3. The number of aryl methyl sites for hydroxylation is 4. The zero-order valence-corrected chi connectivity index (χ0v) is 30.9. The number of halogens is 2. The Hall–Kier alpha value is -1.53. The smallest absolute Gasteiger partial charge is 0.171 e. The maximum absolute atomic E-state index is 3.54. The van der Waals surface area contributed by atoms with Crippen molar-refractivity contribution in [3.63, 3.8) is 0 Å². The molecule has 3 aliphatic carbocycles. The second-order valence-electron chi connectivity index (χ2n) is 11.2. The fourth-order valence-electron chi connectivity index (χ4n) is 5.57. The molecular formula is C39H50Cl2Zr-4. The van der Waals surface area contributed by atoms with Gasteiger partial charge in [0, 0.05) is 0 Å². The molecule has 3 aliphatic rings. The van der Waals surface area contributed by atoms with Crippen LogP contribution in [0.15, 0.2) is 66.3 Å². The number of benzene rings is 3. The number of hydrogen-bond acceptors (Lipinski definition) is 0. The molecule has 0 amide bonds. The van der Waals surface area contributed by atoms with Crippen molar-refractivity contribution in [2.24, 2.45) is 11.3 Å². The molecular weight excluding hydrogens is 631 g/mol. The van der Waals surface area contributed by atoms with Crippen LogP contribution in [-0.4, -0.2) is 4.21 Å². The van der Waals surface area contributed by atoms with Crippen LogP contribution in [0.2, 0.25) is 0 Å². The average molecular weight is 681 g/mol. The van der Waals surface area contributed by atoms with E-state index in [-0.39, 0.29) is 24.8 Å². The van der Waals surface area contributed by atoms with E-state index in [2.05, 4.69) is 101 Å². The van der Waals surface area contributed by atoms with Crippen molar-refractivity contribution in [1.82, 2.24) is 0 Å². The molecule has 1 saturated carbocycles. The monoisotopic (exact) mass is 678 g/mol. The summed E-state index contributed by atoms with van der Waals surface area (Å²) in [5, 5.41) is 0. The van der Waals surface area contributed by atoms with Crippen LogP contribution in [-0.2, 0) is 30.7 Å². The van der Waals surface area contributed by atoms with E-state index in [1.54, 1.807) is 12.5 Å². The van der Waals surface area contributed by atoms with E-state index in [1.807, 2.05) is 30.3 Å². The van der Waals surface area contributed by atoms with Crippen LogP contribution in [0, 0.1) is 64.2 Å². The van der Waals surface area contributed by atoms with E-state index >= 15 is 0 Å². The minimum absolute atomic E-state index is 0. The van der Waals surface area contributed by atoms with E-state index in [9.17, 15) is 0 Å². The SMILES string of the molecule is CC1[C-]=CC(C2(C)CCCCC2)=C1.Cc1[c-]c2c(cc1C)-c1cc(C)c(C)cc1C2.Cl.Cl.[CH2-]C.[CH2]=[Zr].[c-]1ccccc1. The topological polar surface area (TPSA) is 0 Å². The van der Waals surface area contributed by atoms with Crippen molar-refractivity contribution in [2.75, 3.05) is 0 Å². The van der Waals surface area contributed by atoms with Crippen LogP contribution in [0.1, 0.15) is 86.3 Å². The molecule has 0 N–H and O–H groups in total. The van der Waals surface area contributed by atoms with Gasteiger partial charge in [-0.3, -0.25) is 6.08 Å². The molecule has 3 heteroatoms. The van der Waals surface area contributed by atoms with Crippen LogP contribution in [0.3, 0.4) is 0 Å². The Bertz CT molecular complexity index is 1190. The van der Waals surface area contributed by atoms with Crippen molar-refractivity contribution < 1.29 is 24.2 Å². The molecule has 1 atom stereocenters. The van der Waals surface area contributed by atoms with Gasteiger partial charge in [0.2, 0.25) is 0 Å². The molecule has 0 bridgehead atoms. The first-order valence-electron chi connectivity index (χ1n) is 14.7. The van der Waals surface area contributed by atoms with Gasteiger partial charge in [-0.15, -0.1) is 35.9 Å². The fraction of sp³-hybridized carbons (Fsp3) is 0.385. The van der Waals surface area contributed by atoms with Crippen LogP contribution in [0.4, 0.5) is 0 Å². The molecule has 0 aliphatic heterocycles. The third-order valence-corrected chi connectivity index (χ3v) is 8.19. The molecule has 1 fully saturated rings. The molecule has 0 heterocycles. The Kier molecular flexibility index (Phi) is 19.7. The van der Waals surface area contributed by atoms with Crippen molar-refractivity contribution in [3.8, 4) is 11.1 Å². The molecule has 1 unspecified atom stereocenters. The van der Waals surface area contributed by atoms with Gasteiger partial charge in [-0.2, -0.15) is 78.2 Å². The summed E-state index contributed by atoms with van der Waals surface area (Å²) in [6.07, 6.45) is 16.1. The Morgan fingerprint density at radius 2 is 1.40 bits per heavy atom. The Morgan fingerprint density at radius 3 is 1.90 bits per heavy atom. The molecule has 0 nitrogen and oxygen atoms in total. The first-order chi connectivity index (χ1) is 19.3. The minimum Gasteiger partial charge on any atom is -0.184 e. The molecule has 42 heavy (non-hydrogen) atoms. The van der Waals surface area contributed by atoms with E-state index in [0.717, 1.165) is 6.42 Å². The third-order valence-electron chi connectivity index (χ3n) is 8.19. The summed E-state index contributed by atoms with van der Waals surface area (Å²) in [5.41, 5.74) is 13.1. The molecule has 0 aromatic heterocycles. The number of allylic oxidation sites excluding steroid dienone is 4. The maximum Gasteiger partial charge on any atom is -0.171 e. The quantitative estimate of drug-likeness (QED) is 0.176. The number of hydrogen-bond donors (Lipinski definition) is 0. The summed E-state index contributed by atoms with van der Waals surface area (Å²) >= 11 is 1.30. The zero-order chi connectivity index (χ0) is 29.7. The van der Waals surface area contributed by atoms with Crippen molar-refractivity contribution >= 4 is 29.0 Å². The van der Waals surface area contributed by atoms with Gasteiger partial charge in [0.25, 0.3) is 0 Å². The summed E-state index contributed by atoms with van der Waals surface area (Å²) < 4.78 is 3.34. The second-order valence-corrected chi connectivity index (χ2v) is 11.2. The molecule has 6 rings (SSSR count). The molecule has 228 valence electrons. The van der Waals surface area contributed by atoms with Gasteiger partial charge in [-0.05, 0) is 37.0 Å². The van der Waals surface area contributed by atoms with Crippen LogP contribution >= 0.6 is 24.8 Å². The van der Waals surface area contributed by atoms with Crippen LogP contribution < -0.4 is 0 Å². The molecule has 3 aromatic rings. The van der Waals surface area contributed by atoms with Gasteiger partial charge in [0.15, 0.2) is 0 Å². The maximum atomic E-state index is 3.54. The predicted octanol–water partition coefficient (Wildman–Crippen LogP) is 11.3. The molecule has 0 radical (unpaired) electrons. The Morgan fingerprint density at radius 1 is 0.833 bits per heavy atom. The first kappa shape index (κ1) is 40.5. The van der Waals surface area contributed by atoms with E-state index in [0.29, 0.717) is 11.3 Å². The standard InChI is InChI=1S/C17H17.C13H19.C6H5.C2H5.CH2.2ClH.Zr/c1-10-5-14-9-15-6-11(2)13(4)8-17(15)16(14)7-12(10)3;1-11-6-7-12(10-11)13(2)8-4-3-5-9-13;1-2-4-6-5-3-1;1-2;;;;/h5,7-8H,9H2,1-4H3;7,10-11H,3-5,8-9H2,1-2H3;1-5H;1H2,2H3;1H2;2*1H;/q4*-1;;;;. The van der Waals surface area contributed by atoms with Gasteiger partial charge in [-0.1, -0.05) is 88.8 Å². The van der Waals surface area contributed by atoms with Gasteiger partial charge in [0.1, 0.15) is 0 Å². The van der Waals surface area contributed by atoms with Crippen molar-refractivity contribution in [2.45, 2.75) is 87.0 Å². The van der Waals surface area contributed by atoms with Crippen molar-refractivity contribution in [3.05, 3.63) is 125 Å². The normalized spacial score (nSPS) is 16.3. The fourth-order valence-corrected chi connectivity index (χ4v) is 5.57. The Labute approximate surface area is 285 Å². The third kappa shape index (κ3) is 11.2. The average Bonchev–Trinajstić information content (AvgIpc) is 3.57. The largest absolute Gasteiger partial charge is 0.184 e. The summed E-state index contributed by atoms with van der Waals surface area (Å²) in [7, 11) is 0. The van der Waals surface area contributed by atoms with Gasteiger partial charge < -0.3 is 6.92 Å². The number of rotatable bonds is 1. The second kappa shape index (κ2) is 20.4. The zero-order valence-electron chi connectivity index (χ0n) is 26.8. The molecule has 0 spiro atoms. The summed E-state index contributed by atoms with van der Waals surface area (Å²) in [6, 6.07) is 23.0. The van der Waals surface area contributed by atoms with Gasteiger partial charge in [-0.25, -0.2) is 6.08 Å². The van der Waals surface area contributed by atoms with Gasteiger partial charge in [0.05, 0.1) is 0 Å². The van der Waals surface area contributed by atoms with E-state index < -0.39 is 0 Å². The first-order valence-corrected chi connectivity index (χ1v) is 16.4.